The standard InChI is InChI=1S/C7H7N3O2S.C6H5N3/c1-13(11,12)10-7-3-2-6(4-8)9-5-7;7-3-6-2-1-5(8)4-9-6/h2-3,5,10H,1H3;1-2,4H,8H2. The first-order chi connectivity index (χ1) is 10.3. The zero-order valence-corrected chi connectivity index (χ0v) is 12.4. The minimum absolute atomic E-state index is 0.249. The van der Waals surface area contributed by atoms with Crippen LogP contribution in [0.2, 0.25) is 0 Å². The number of pyridine rings is 2. The van der Waals surface area contributed by atoms with Crippen molar-refractivity contribution in [2.45, 2.75) is 0 Å². The molecule has 0 saturated heterocycles. The fraction of sp³-hybridized carbons (Fsp3) is 0.0769. The van der Waals surface area contributed by atoms with Crippen LogP contribution in [0.5, 0.6) is 0 Å². The third-order valence-corrected chi connectivity index (χ3v) is 2.69. The average Bonchev–Trinajstić information content (AvgIpc) is 2.48. The number of hydrogen-bond donors (Lipinski definition) is 2. The first-order valence-electron chi connectivity index (χ1n) is 5.79. The van der Waals surface area contributed by atoms with Gasteiger partial charge in [-0.25, -0.2) is 18.4 Å². The van der Waals surface area contributed by atoms with Crippen LogP contribution >= 0.6 is 0 Å². The number of rotatable bonds is 2. The number of nitrogens with zero attached hydrogens (tertiary/aromatic N) is 4. The second kappa shape index (κ2) is 7.57. The van der Waals surface area contributed by atoms with Crippen molar-refractivity contribution < 1.29 is 8.42 Å². The van der Waals surface area contributed by atoms with Gasteiger partial charge < -0.3 is 5.73 Å². The highest BCUT2D eigenvalue weighted by molar-refractivity contribution is 7.92. The molecule has 0 aromatic carbocycles. The number of sulfonamides is 1. The summed E-state index contributed by atoms with van der Waals surface area (Å²) in [5.41, 5.74) is 6.88. The van der Waals surface area contributed by atoms with Crippen LogP contribution in [-0.2, 0) is 10.0 Å². The van der Waals surface area contributed by atoms with Crippen molar-refractivity contribution >= 4 is 21.4 Å². The molecular weight excluding hydrogens is 304 g/mol. The van der Waals surface area contributed by atoms with Crippen molar-refractivity contribution in [2.24, 2.45) is 0 Å². The fourth-order valence-electron chi connectivity index (χ4n) is 1.21. The number of hydrogen-bond acceptors (Lipinski definition) is 7. The molecule has 0 atom stereocenters. The summed E-state index contributed by atoms with van der Waals surface area (Å²) in [6.45, 7) is 0. The Kier molecular flexibility index (Phi) is 5.81. The molecule has 22 heavy (non-hydrogen) atoms. The van der Waals surface area contributed by atoms with Gasteiger partial charge in [0, 0.05) is 0 Å². The monoisotopic (exact) mass is 316 g/mol. The van der Waals surface area contributed by atoms with Gasteiger partial charge in [0.1, 0.15) is 23.5 Å². The van der Waals surface area contributed by atoms with Crippen LogP contribution in [0.1, 0.15) is 11.4 Å². The molecule has 2 aromatic rings. The van der Waals surface area contributed by atoms with E-state index in [1.165, 1.54) is 24.5 Å². The smallest absolute Gasteiger partial charge is 0.229 e. The maximum atomic E-state index is 10.8. The van der Waals surface area contributed by atoms with E-state index in [1.54, 1.807) is 12.1 Å². The third kappa shape index (κ3) is 6.32. The van der Waals surface area contributed by atoms with Crippen LogP contribution in [0.3, 0.4) is 0 Å². The zero-order valence-electron chi connectivity index (χ0n) is 11.6. The lowest BCUT2D eigenvalue weighted by atomic mass is 10.3. The Balaban J connectivity index is 0.000000235. The van der Waals surface area contributed by atoms with Gasteiger partial charge in [-0.1, -0.05) is 0 Å². The summed E-state index contributed by atoms with van der Waals surface area (Å²) in [6, 6.07) is 9.86. The maximum absolute atomic E-state index is 10.8. The summed E-state index contributed by atoms with van der Waals surface area (Å²) in [6.07, 6.45) is 3.80. The number of aromatic nitrogens is 2. The van der Waals surface area contributed by atoms with E-state index in [2.05, 4.69) is 14.7 Å². The normalized spacial score (nSPS) is 9.59. The molecule has 3 N–H and O–H groups in total. The van der Waals surface area contributed by atoms with E-state index in [0.717, 1.165) is 6.26 Å². The van der Waals surface area contributed by atoms with Crippen molar-refractivity contribution in [3.05, 3.63) is 48.0 Å². The lowest BCUT2D eigenvalue weighted by molar-refractivity contribution is 0.607. The fourth-order valence-corrected chi connectivity index (χ4v) is 1.75. The predicted octanol–water partition coefficient (Wildman–Crippen LogP) is 0.860. The van der Waals surface area contributed by atoms with Crippen LogP contribution in [0.15, 0.2) is 36.7 Å². The summed E-state index contributed by atoms with van der Waals surface area (Å²) in [7, 11) is -3.27. The average molecular weight is 316 g/mol. The molecule has 0 radical (unpaired) electrons. The number of anilines is 2. The topological polar surface area (TPSA) is 146 Å². The largest absolute Gasteiger partial charge is 0.397 e. The summed E-state index contributed by atoms with van der Waals surface area (Å²) < 4.78 is 23.7. The lowest BCUT2D eigenvalue weighted by Gasteiger charge is -2.01. The molecule has 8 nitrogen and oxygen atoms in total. The van der Waals surface area contributed by atoms with Gasteiger partial charge in [-0.15, -0.1) is 0 Å². The van der Waals surface area contributed by atoms with Gasteiger partial charge in [0.05, 0.1) is 30.0 Å². The minimum atomic E-state index is -3.27. The van der Waals surface area contributed by atoms with Crippen LogP contribution < -0.4 is 10.5 Å². The first-order valence-corrected chi connectivity index (χ1v) is 7.69. The molecule has 0 spiro atoms. The Morgan fingerprint density at radius 3 is 1.95 bits per heavy atom. The van der Waals surface area contributed by atoms with E-state index in [9.17, 15) is 8.42 Å². The van der Waals surface area contributed by atoms with Crippen LogP contribution in [0, 0.1) is 22.7 Å². The van der Waals surface area contributed by atoms with Gasteiger partial charge in [-0.3, -0.25) is 4.72 Å². The first kappa shape index (κ1) is 16.9. The second-order valence-electron chi connectivity index (χ2n) is 4.01. The molecule has 0 saturated carbocycles. The molecule has 2 heterocycles. The van der Waals surface area contributed by atoms with E-state index in [4.69, 9.17) is 16.3 Å². The molecule has 0 aliphatic rings. The van der Waals surface area contributed by atoms with Gasteiger partial charge in [0.15, 0.2) is 0 Å². The molecule has 2 aromatic heterocycles. The highest BCUT2D eigenvalue weighted by Crippen LogP contribution is 2.06. The molecule has 2 rings (SSSR count). The maximum Gasteiger partial charge on any atom is 0.229 e. The van der Waals surface area contributed by atoms with Crippen molar-refractivity contribution in [3.63, 3.8) is 0 Å². The quantitative estimate of drug-likeness (QED) is 0.835. The van der Waals surface area contributed by atoms with Gasteiger partial charge in [-0.2, -0.15) is 10.5 Å². The number of nitrogens with two attached hydrogens (primary N) is 1. The van der Waals surface area contributed by atoms with Gasteiger partial charge in [-0.05, 0) is 24.3 Å². The number of nitrogen functional groups attached to an aromatic ring is 1. The molecule has 0 aliphatic heterocycles. The summed E-state index contributed by atoms with van der Waals surface area (Å²) in [4.78, 5) is 7.40. The summed E-state index contributed by atoms with van der Waals surface area (Å²) >= 11 is 0. The Morgan fingerprint density at radius 1 is 1.05 bits per heavy atom. The van der Waals surface area contributed by atoms with Crippen LogP contribution in [-0.4, -0.2) is 24.6 Å². The molecular formula is C13H12N6O2S. The highest BCUT2D eigenvalue weighted by atomic mass is 32.2. The lowest BCUT2D eigenvalue weighted by Crippen LogP contribution is -2.09. The Morgan fingerprint density at radius 2 is 1.59 bits per heavy atom. The van der Waals surface area contributed by atoms with Crippen LogP contribution in [0.25, 0.3) is 0 Å². The van der Waals surface area contributed by atoms with Crippen molar-refractivity contribution in [3.8, 4) is 12.1 Å². The van der Waals surface area contributed by atoms with Crippen molar-refractivity contribution in [1.82, 2.24) is 9.97 Å². The van der Waals surface area contributed by atoms with Crippen molar-refractivity contribution in [1.29, 1.82) is 10.5 Å². The summed E-state index contributed by atoms with van der Waals surface area (Å²) in [5.74, 6) is 0. The Hall–Kier alpha value is -3.17. The van der Waals surface area contributed by atoms with E-state index < -0.39 is 10.0 Å². The van der Waals surface area contributed by atoms with Crippen molar-refractivity contribution in [2.75, 3.05) is 16.7 Å². The molecule has 9 heteroatoms. The Bertz CT molecular complexity index is 802. The van der Waals surface area contributed by atoms with Gasteiger partial charge in [0.25, 0.3) is 0 Å². The zero-order chi connectivity index (χ0) is 16.6. The Labute approximate surface area is 127 Å². The predicted molar refractivity (Wildman–Crippen MR) is 80.8 cm³/mol. The number of nitriles is 2. The van der Waals surface area contributed by atoms with E-state index in [-0.39, 0.29) is 5.69 Å². The van der Waals surface area contributed by atoms with E-state index in [0.29, 0.717) is 17.1 Å². The highest BCUT2D eigenvalue weighted by Gasteiger charge is 2.01. The van der Waals surface area contributed by atoms with Gasteiger partial charge in [0.2, 0.25) is 10.0 Å². The molecule has 0 amide bonds. The third-order valence-electron chi connectivity index (χ3n) is 2.08. The minimum Gasteiger partial charge on any atom is -0.397 e. The molecule has 112 valence electrons. The van der Waals surface area contributed by atoms with Gasteiger partial charge >= 0.3 is 0 Å². The molecule has 0 bridgehead atoms. The van der Waals surface area contributed by atoms with Crippen LogP contribution in [0.4, 0.5) is 11.4 Å². The molecule has 0 unspecified atom stereocenters. The summed E-state index contributed by atoms with van der Waals surface area (Å²) in [5, 5.41) is 16.7. The second-order valence-corrected chi connectivity index (χ2v) is 5.76. The molecule has 0 fully saturated rings. The SMILES string of the molecule is CS(=O)(=O)Nc1ccc(C#N)nc1.N#Cc1ccc(N)cn1. The van der Waals surface area contributed by atoms with E-state index >= 15 is 0 Å². The number of nitrogens with one attached hydrogen (secondary N) is 1. The molecule has 0 aliphatic carbocycles. The van der Waals surface area contributed by atoms with E-state index in [1.807, 2.05) is 12.1 Å².